The molecule has 0 amide bonds. The van der Waals surface area contributed by atoms with E-state index in [4.69, 9.17) is 5.11 Å². The van der Waals surface area contributed by atoms with E-state index in [-0.39, 0.29) is 11.5 Å². The van der Waals surface area contributed by atoms with Crippen LogP contribution >= 0.6 is 0 Å². The van der Waals surface area contributed by atoms with E-state index in [9.17, 15) is 14.4 Å². The molecule has 1 atom stereocenters. The highest BCUT2D eigenvalue weighted by atomic mass is 32.2. The van der Waals surface area contributed by atoms with Crippen LogP contribution in [0.5, 0.6) is 17.2 Å². The Kier molecular flexibility index (Phi) is 5.24. The summed E-state index contributed by atoms with van der Waals surface area (Å²) in [6, 6.07) is 2.84. The molecule has 96 valence electrons. The molecule has 0 aliphatic heterocycles. The lowest BCUT2D eigenvalue weighted by Gasteiger charge is -2.08. The van der Waals surface area contributed by atoms with Crippen LogP contribution in [-0.4, -0.2) is 37.6 Å². The number of benzene rings is 1. The molecule has 0 saturated carbocycles. The molecule has 6 heteroatoms. The van der Waals surface area contributed by atoms with Gasteiger partial charge in [0.25, 0.3) is 0 Å². The molecule has 0 saturated heterocycles. The van der Waals surface area contributed by atoms with Crippen molar-refractivity contribution >= 4 is 10.8 Å². The predicted octanol–water partition coefficient (Wildman–Crippen LogP) is 0.662. The van der Waals surface area contributed by atoms with Crippen molar-refractivity contribution in [2.45, 2.75) is 13.5 Å². The Labute approximate surface area is 103 Å². The van der Waals surface area contributed by atoms with Gasteiger partial charge in [-0.25, -0.2) is 0 Å². The molecule has 5 nitrogen and oxygen atoms in total. The number of phenols is 3. The fourth-order valence-electron chi connectivity index (χ4n) is 1.31. The van der Waals surface area contributed by atoms with Gasteiger partial charge in [0.2, 0.25) is 5.75 Å². The van der Waals surface area contributed by atoms with Crippen molar-refractivity contribution in [2.24, 2.45) is 0 Å². The van der Waals surface area contributed by atoms with Crippen molar-refractivity contribution in [1.82, 2.24) is 5.32 Å². The minimum atomic E-state index is -0.813. The van der Waals surface area contributed by atoms with Gasteiger partial charge in [-0.1, -0.05) is 13.0 Å². The first-order valence-electron chi connectivity index (χ1n) is 5.34. The smallest absolute Gasteiger partial charge is 0.200 e. The van der Waals surface area contributed by atoms with E-state index in [0.717, 1.165) is 0 Å². The normalized spacial score (nSPS) is 12.5. The maximum absolute atomic E-state index is 11.1. The number of aromatic hydroxyl groups is 3. The fourth-order valence-corrected chi connectivity index (χ4v) is 1.97. The molecule has 1 unspecified atom stereocenters. The molecule has 0 aliphatic carbocycles. The SMILES string of the molecule is CCS(=O)CCNCc1ccc(O)c(O)c1O. The number of hydrogen-bond donors (Lipinski definition) is 4. The summed E-state index contributed by atoms with van der Waals surface area (Å²) in [4.78, 5) is 0. The summed E-state index contributed by atoms with van der Waals surface area (Å²) in [5, 5.41) is 31.0. The summed E-state index contributed by atoms with van der Waals surface area (Å²) in [6.07, 6.45) is 0. The lowest BCUT2D eigenvalue weighted by atomic mass is 10.1. The Bertz CT molecular complexity index is 409. The first kappa shape index (κ1) is 13.8. The third-order valence-corrected chi connectivity index (χ3v) is 3.66. The molecule has 0 fully saturated rings. The molecule has 0 radical (unpaired) electrons. The van der Waals surface area contributed by atoms with Crippen LogP contribution in [0.25, 0.3) is 0 Å². The molecule has 1 aromatic rings. The Hall–Kier alpha value is -1.27. The molecule has 4 N–H and O–H groups in total. The minimum Gasteiger partial charge on any atom is -0.504 e. The topological polar surface area (TPSA) is 89.8 Å². The minimum absolute atomic E-state index is 0.325. The van der Waals surface area contributed by atoms with Crippen LogP contribution in [0.4, 0.5) is 0 Å². The van der Waals surface area contributed by atoms with Crippen LogP contribution in [0, 0.1) is 0 Å². The Morgan fingerprint density at radius 1 is 1.24 bits per heavy atom. The maximum Gasteiger partial charge on any atom is 0.200 e. The van der Waals surface area contributed by atoms with E-state index in [1.54, 1.807) is 0 Å². The van der Waals surface area contributed by atoms with Crippen molar-refractivity contribution in [2.75, 3.05) is 18.1 Å². The second kappa shape index (κ2) is 6.46. The van der Waals surface area contributed by atoms with Gasteiger partial charge in [0.1, 0.15) is 0 Å². The van der Waals surface area contributed by atoms with Gasteiger partial charge >= 0.3 is 0 Å². The average molecular weight is 259 g/mol. The summed E-state index contributed by atoms with van der Waals surface area (Å²) >= 11 is 0. The zero-order chi connectivity index (χ0) is 12.8. The van der Waals surface area contributed by atoms with Crippen molar-refractivity contribution in [1.29, 1.82) is 0 Å². The molecule has 0 heterocycles. The molecule has 0 aromatic heterocycles. The molecule has 17 heavy (non-hydrogen) atoms. The monoisotopic (exact) mass is 259 g/mol. The largest absolute Gasteiger partial charge is 0.504 e. The van der Waals surface area contributed by atoms with Crippen molar-refractivity contribution in [3.8, 4) is 17.2 Å². The molecule has 0 aliphatic rings. The molecular formula is C11H17NO4S. The lowest BCUT2D eigenvalue weighted by molar-refractivity contribution is 0.364. The number of rotatable bonds is 6. The summed E-state index contributed by atoms with van der Waals surface area (Å²) in [5.41, 5.74) is 0.489. The molecular weight excluding hydrogens is 242 g/mol. The van der Waals surface area contributed by atoms with Gasteiger partial charge in [-0.15, -0.1) is 0 Å². The van der Waals surface area contributed by atoms with Crippen LogP contribution in [0.1, 0.15) is 12.5 Å². The average Bonchev–Trinajstić information content (AvgIpc) is 2.33. The van der Waals surface area contributed by atoms with Crippen LogP contribution in [0.2, 0.25) is 0 Å². The van der Waals surface area contributed by atoms with Crippen molar-refractivity contribution in [3.63, 3.8) is 0 Å². The zero-order valence-electron chi connectivity index (χ0n) is 9.64. The summed E-state index contributed by atoms with van der Waals surface area (Å²) in [7, 11) is -0.813. The standard InChI is InChI=1S/C11H17NO4S/c1-2-17(16)6-5-12-7-8-3-4-9(13)11(15)10(8)14/h3-4,12-15H,2,5-7H2,1H3. The highest BCUT2D eigenvalue weighted by Gasteiger charge is 2.10. The molecule has 0 bridgehead atoms. The van der Waals surface area contributed by atoms with Gasteiger partial charge in [-0.3, -0.25) is 4.21 Å². The Balaban J connectivity index is 2.47. The first-order valence-corrected chi connectivity index (χ1v) is 6.83. The second-order valence-corrected chi connectivity index (χ2v) is 5.42. The lowest BCUT2D eigenvalue weighted by Crippen LogP contribution is -2.20. The maximum atomic E-state index is 11.1. The van der Waals surface area contributed by atoms with E-state index >= 15 is 0 Å². The number of nitrogens with one attached hydrogen (secondary N) is 1. The van der Waals surface area contributed by atoms with Gasteiger partial charge in [0, 0.05) is 41.0 Å². The molecule has 0 spiro atoms. The Morgan fingerprint density at radius 3 is 2.59 bits per heavy atom. The van der Waals surface area contributed by atoms with Gasteiger partial charge in [0.05, 0.1) is 0 Å². The van der Waals surface area contributed by atoms with Crippen molar-refractivity contribution < 1.29 is 19.5 Å². The van der Waals surface area contributed by atoms with Gasteiger partial charge in [0.15, 0.2) is 11.5 Å². The highest BCUT2D eigenvalue weighted by molar-refractivity contribution is 7.84. The third kappa shape index (κ3) is 3.90. The van der Waals surface area contributed by atoms with E-state index in [1.165, 1.54) is 12.1 Å². The van der Waals surface area contributed by atoms with E-state index in [2.05, 4.69) is 5.32 Å². The zero-order valence-corrected chi connectivity index (χ0v) is 10.5. The summed E-state index contributed by atoms with van der Waals surface area (Å²) < 4.78 is 11.1. The third-order valence-electron chi connectivity index (χ3n) is 2.36. The van der Waals surface area contributed by atoms with E-state index in [1.807, 2.05) is 6.92 Å². The first-order chi connectivity index (χ1) is 8.06. The summed E-state index contributed by atoms with van der Waals surface area (Å²) in [5.74, 6) is 0.00253. The number of hydrogen-bond acceptors (Lipinski definition) is 5. The summed E-state index contributed by atoms with van der Waals surface area (Å²) in [6.45, 7) is 2.78. The van der Waals surface area contributed by atoms with Crippen LogP contribution < -0.4 is 5.32 Å². The van der Waals surface area contributed by atoms with Gasteiger partial charge in [-0.05, 0) is 6.07 Å². The van der Waals surface area contributed by atoms with Gasteiger partial charge in [-0.2, -0.15) is 0 Å². The predicted molar refractivity (Wildman–Crippen MR) is 66.7 cm³/mol. The van der Waals surface area contributed by atoms with Crippen molar-refractivity contribution in [3.05, 3.63) is 17.7 Å². The highest BCUT2D eigenvalue weighted by Crippen LogP contribution is 2.36. The number of phenolic OH excluding ortho intramolecular Hbond substituents is 3. The fraction of sp³-hybridized carbons (Fsp3) is 0.455. The van der Waals surface area contributed by atoms with Crippen LogP contribution in [0.3, 0.4) is 0 Å². The quantitative estimate of drug-likeness (QED) is 0.445. The van der Waals surface area contributed by atoms with Gasteiger partial charge < -0.3 is 20.6 Å². The van der Waals surface area contributed by atoms with Crippen LogP contribution in [0.15, 0.2) is 12.1 Å². The molecule has 1 aromatic carbocycles. The second-order valence-electron chi connectivity index (χ2n) is 3.55. The van der Waals surface area contributed by atoms with Crippen LogP contribution in [-0.2, 0) is 17.3 Å². The van der Waals surface area contributed by atoms with E-state index in [0.29, 0.717) is 30.2 Å². The molecule has 1 rings (SSSR count). The Morgan fingerprint density at radius 2 is 1.94 bits per heavy atom. The van der Waals surface area contributed by atoms with E-state index < -0.39 is 16.5 Å².